The molecule has 11 heteroatoms. The lowest BCUT2D eigenvalue weighted by atomic mass is 9.91. The Kier molecular flexibility index (Phi) is 11.2. The van der Waals surface area contributed by atoms with Crippen molar-refractivity contribution in [1.82, 2.24) is 9.80 Å². The number of ketones is 1. The molecule has 2 atom stereocenters. The molecule has 0 aliphatic carbocycles. The molecule has 4 rings (SSSR count). The summed E-state index contributed by atoms with van der Waals surface area (Å²) in [6.45, 7) is 6.33. The Labute approximate surface area is 263 Å². The Morgan fingerprint density at radius 2 is 1.52 bits per heavy atom. The van der Waals surface area contributed by atoms with E-state index in [1.165, 1.54) is 0 Å². The van der Waals surface area contributed by atoms with Crippen LogP contribution in [0.1, 0.15) is 61.5 Å². The zero-order valence-corrected chi connectivity index (χ0v) is 26.5. The second-order valence-electron chi connectivity index (χ2n) is 11.6. The predicted molar refractivity (Wildman–Crippen MR) is 167 cm³/mol. The van der Waals surface area contributed by atoms with Gasteiger partial charge in [-0.2, -0.15) is 0 Å². The maximum absolute atomic E-state index is 13.7. The number of likely N-dealkylation sites (tertiary alicyclic amines) is 2. The van der Waals surface area contributed by atoms with Gasteiger partial charge in [0.1, 0.15) is 18.0 Å². The third kappa shape index (κ3) is 8.15. The maximum Gasteiger partial charge on any atom is 0.375 e. The molecular formula is C31H39IN4O6. The molecule has 2 heterocycles. The first-order chi connectivity index (χ1) is 19.4. The van der Waals surface area contributed by atoms with Gasteiger partial charge < -0.3 is 25.0 Å². The van der Waals surface area contributed by atoms with Crippen LogP contribution in [0.5, 0.6) is 0 Å². The van der Waals surface area contributed by atoms with Gasteiger partial charge in [0.15, 0.2) is 0 Å². The molecule has 0 spiro atoms. The number of amides is 2. The summed E-state index contributed by atoms with van der Waals surface area (Å²) in [5, 5.41) is 7.60. The highest BCUT2D eigenvalue weighted by Crippen LogP contribution is 2.27. The topological polar surface area (TPSA) is 143 Å². The van der Waals surface area contributed by atoms with E-state index in [4.69, 9.17) is 20.6 Å². The molecule has 0 saturated carbocycles. The van der Waals surface area contributed by atoms with Crippen LogP contribution in [0.3, 0.4) is 0 Å². The first-order valence-corrected chi connectivity index (χ1v) is 13.9. The van der Waals surface area contributed by atoms with Crippen molar-refractivity contribution in [2.75, 3.05) is 19.6 Å². The highest BCUT2D eigenvalue weighted by Gasteiger charge is 2.43. The van der Waals surface area contributed by atoms with Gasteiger partial charge in [-0.1, -0.05) is 63.2 Å². The van der Waals surface area contributed by atoms with Crippen LogP contribution in [-0.2, 0) is 30.5 Å². The van der Waals surface area contributed by atoms with Gasteiger partial charge in [-0.05, 0) is 17.7 Å². The molecule has 2 saturated heterocycles. The molecule has 226 valence electrons. The molecule has 1 unspecified atom stereocenters. The van der Waals surface area contributed by atoms with Crippen LogP contribution >= 0.6 is 24.0 Å². The third-order valence-electron chi connectivity index (χ3n) is 7.47. The highest BCUT2D eigenvalue weighted by molar-refractivity contribution is 14.0. The van der Waals surface area contributed by atoms with Gasteiger partial charge in [-0.25, -0.2) is 4.79 Å². The van der Waals surface area contributed by atoms with Gasteiger partial charge in [-0.15, -0.1) is 24.0 Å². The Morgan fingerprint density at radius 3 is 2.10 bits per heavy atom. The van der Waals surface area contributed by atoms with Crippen LogP contribution in [0.4, 0.5) is 0 Å². The molecule has 3 N–H and O–H groups in total. The Balaban J connectivity index is 0.00000484. The monoisotopic (exact) mass is 690 g/mol. The summed E-state index contributed by atoms with van der Waals surface area (Å²) in [4.78, 5) is 55.1. The van der Waals surface area contributed by atoms with E-state index < -0.39 is 29.3 Å². The molecule has 42 heavy (non-hydrogen) atoms. The Hall–Kier alpha value is -3.32. The first kappa shape index (κ1) is 33.2. The molecule has 2 aliphatic heterocycles. The Morgan fingerprint density at radius 1 is 0.929 bits per heavy atom. The summed E-state index contributed by atoms with van der Waals surface area (Å²) in [5.41, 5.74) is 6.63. The fourth-order valence-electron chi connectivity index (χ4n) is 5.04. The molecule has 2 aliphatic rings. The van der Waals surface area contributed by atoms with Crippen molar-refractivity contribution in [3.8, 4) is 0 Å². The van der Waals surface area contributed by atoms with Crippen LogP contribution in [0.15, 0.2) is 54.6 Å². The number of Topliss-reactive ketones (excluding diaryl/α,β-unsaturated/α-hetero) is 1. The fourth-order valence-corrected chi connectivity index (χ4v) is 5.04. The minimum atomic E-state index is -0.843. The molecule has 2 aromatic rings. The lowest BCUT2D eigenvalue weighted by Gasteiger charge is -2.35. The molecular weight excluding hydrogens is 651 g/mol. The number of ether oxygens (including phenoxy) is 2. The molecule has 0 bridgehead atoms. The van der Waals surface area contributed by atoms with E-state index >= 15 is 0 Å². The number of nitrogen functional groups attached to an aromatic ring is 1. The summed E-state index contributed by atoms with van der Waals surface area (Å²) < 4.78 is 11.6. The molecule has 10 nitrogen and oxygen atoms in total. The number of amidine groups is 1. The summed E-state index contributed by atoms with van der Waals surface area (Å²) >= 11 is 0. The second kappa shape index (κ2) is 14.2. The van der Waals surface area contributed by atoms with E-state index in [1.54, 1.807) is 54.8 Å². The van der Waals surface area contributed by atoms with E-state index in [9.17, 15) is 19.2 Å². The van der Waals surface area contributed by atoms with Gasteiger partial charge in [0.25, 0.3) is 5.91 Å². The first-order valence-electron chi connectivity index (χ1n) is 13.9. The number of halogens is 1. The molecule has 0 radical (unpaired) electrons. The van der Waals surface area contributed by atoms with E-state index in [1.807, 2.05) is 30.3 Å². The van der Waals surface area contributed by atoms with Crippen LogP contribution in [0, 0.1) is 10.8 Å². The van der Waals surface area contributed by atoms with Crippen molar-refractivity contribution in [3.05, 3.63) is 71.3 Å². The summed E-state index contributed by atoms with van der Waals surface area (Å²) in [6, 6.07) is 15.4. The Bertz CT molecular complexity index is 1290. The van der Waals surface area contributed by atoms with Gasteiger partial charge in [0, 0.05) is 55.4 Å². The van der Waals surface area contributed by atoms with Crippen molar-refractivity contribution < 1.29 is 28.7 Å². The van der Waals surface area contributed by atoms with Gasteiger partial charge in [0.2, 0.25) is 11.7 Å². The van der Waals surface area contributed by atoms with Crippen LogP contribution in [0.25, 0.3) is 0 Å². The number of nitrogens with two attached hydrogens (primary N) is 1. The highest BCUT2D eigenvalue weighted by atomic mass is 127. The molecule has 2 amide bonds. The number of hydrogen-bond donors (Lipinski definition) is 2. The number of carbonyl (C=O) groups is 4. The van der Waals surface area contributed by atoms with Gasteiger partial charge in [0.05, 0.1) is 12.7 Å². The number of nitrogens with one attached hydrogen (secondary N) is 1. The molecule has 2 fully saturated rings. The number of esters is 1. The summed E-state index contributed by atoms with van der Waals surface area (Å²) in [5.74, 6) is -1.99. The quantitative estimate of drug-likeness (QED) is 0.142. The third-order valence-corrected chi connectivity index (χ3v) is 7.47. The average molecular weight is 691 g/mol. The van der Waals surface area contributed by atoms with Crippen molar-refractivity contribution in [2.24, 2.45) is 11.1 Å². The SMILES string of the molecule is CC(C)(C)C(=O)C(=O)OC1CCN(C(=O)[C@@H]2CC(OCc3ccccc3)CN2C(=O)c2ccc(C(=N)N)cc2)CC1.I. The predicted octanol–water partition coefficient (Wildman–Crippen LogP) is 3.54. The van der Waals surface area contributed by atoms with Crippen molar-refractivity contribution in [3.63, 3.8) is 0 Å². The van der Waals surface area contributed by atoms with Crippen molar-refractivity contribution in [1.29, 1.82) is 5.41 Å². The zero-order valence-electron chi connectivity index (χ0n) is 24.2. The van der Waals surface area contributed by atoms with Crippen LogP contribution < -0.4 is 5.73 Å². The van der Waals surface area contributed by atoms with E-state index in [-0.39, 0.29) is 54.3 Å². The largest absolute Gasteiger partial charge is 0.456 e. The zero-order chi connectivity index (χ0) is 29.7. The van der Waals surface area contributed by atoms with Gasteiger partial charge >= 0.3 is 5.97 Å². The smallest absolute Gasteiger partial charge is 0.375 e. The lowest BCUT2D eigenvalue weighted by molar-refractivity contribution is -0.163. The normalized spacial score (nSPS) is 19.1. The van der Waals surface area contributed by atoms with Crippen LogP contribution in [-0.4, -0.2) is 77.1 Å². The summed E-state index contributed by atoms with van der Waals surface area (Å²) in [7, 11) is 0. The lowest BCUT2D eigenvalue weighted by Crippen LogP contribution is -2.51. The average Bonchev–Trinajstić information content (AvgIpc) is 3.39. The minimum Gasteiger partial charge on any atom is -0.456 e. The molecule has 2 aromatic carbocycles. The number of hydrogen-bond acceptors (Lipinski definition) is 7. The van der Waals surface area contributed by atoms with Crippen molar-refractivity contribution >= 4 is 53.4 Å². The standard InChI is InChI=1S/C31H38N4O6.HI/c1-31(2,3)26(36)30(39)41-23-13-15-34(16-14-23)29(38)25-17-24(40-19-20-7-5-4-6-8-20)18-35(25)28(37)22-11-9-21(10-12-22)27(32)33;/h4-12,23-25H,13-19H2,1-3H3,(H3,32,33);1H/t24?,25-;/m0./s1. The second-order valence-corrected chi connectivity index (χ2v) is 11.6. The number of rotatable bonds is 8. The maximum atomic E-state index is 13.7. The van der Waals surface area contributed by atoms with E-state index in [0.29, 0.717) is 50.1 Å². The fraction of sp³-hybridized carbons (Fsp3) is 0.452. The number of benzene rings is 2. The van der Waals surface area contributed by atoms with E-state index in [2.05, 4.69) is 0 Å². The van der Waals surface area contributed by atoms with E-state index in [0.717, 1.165) is 5.56 Å². The number of nitrogens with zero attached hydrogens (tertiary/aromatic N) is 2. The minimum absolute atomic E-state index is 0. The summed E-state index contributed by atoms with van der Waals surface area (Å²) in [6.07, 6.45) is 0.414. The molecule has 0 aromatic heterocycles. The van der Waals surface area contributed by atoms with Gasteiger partial charge in [-0.3, -0.25) is 19.8 Å². The van der Waals surface area contributed by atoms with Crippen molar-refractivity contribution in [2.45, 2.75) is 64.9 Å². The van der Waals surface area contributed by atoms with Crippen LogP contribution in [0.2, 0.25) is 0 Å². The number of carbonyl (C=O) groups excluding carboxylic acids is 4. The number of piperidine rings is 1.